The van der Waals surface area contributed by atoms with E-state index in [0.29, 0.717) is 17.3 Å². The van der Waals surface area contributed by atoms with E-state index in [0.717, 1.165) is 11.1 Å². The first kappa shape index (κ1) is 22.6. The van der Waals surface area contributed by atoms with E-state index in [1.54, 1.807) is 30.3 Å². The van der Waals surface area contributed by atoms with Crippen molar-refractivity contribution in [2.45, 2.75) is 38.5 Å². The summed E-state index contributed by atoms with van der Waals surface area (Å²) in [6.07, 6.45) is 0. The van der Waals surface area contributed by atoms with Crippen molar-refractivity contribution < 1.29 is 13.2 Å². The van der Waals surface area contributed by atoms with Crippen molar-refractivity contribution in [1.29, 1.82) is 0 Å². The highest BCUT2D eigenvalue weighted by Gasteiger charge is 2.27. The molecule has 0 heterocycles. The molecule has 0 fully saturated rings. The van der Waals surface area contributed by atoms with Gasteiger partial charge in [-0.1, -0.05) is 50.2 Å². The lowest BCUT2D eigenvalue weighted by molar-refractivity contribution is -0.114. The zero-order chi connectivity index (χ0) is 22.6. The quantitative estimate of drug-likeness (QED) is 0.549. The van der Waals surface area contributed by atoms with E-state index in [1.165, 1.54) is 22.0 Å². The van der Waals surface area contributed by atoms with Gasteiger partial charge in [-0.05, 0) is 72.9 Å². The molecular weight excluding hydrogens is 408 g/mol. The van der Waals surface area contributed by atoms with Gasteiger partial charge in [0.2, 0.25) is 5.91 Å². The van der Waals surface area contributed by atoms with Crippen molar-refractivity contribution in [1.82, 2.24) is 0 Å². The normalized spacial score (nSPS) is 11.4. The Kier molecular flexibility index (Phi) is 6.81. The van der Waals surface area contributed by atoms with Gasteiger partial charge in [0.05, 0.1) is 10.6 Å². The molecule has 0 spiro atoms. The Morgan fingerprint density at radius 1 is 0.903 bits per heavy atom. The monoisotopic (exact) mass is 436 g/mol. The van der Waals surface area contributed by atoms with Gasteiger partial charge < -0.3 is 5.32 Å². The summed E-state index contributed by atoms with van der Waals surface area (Å²) in [6.45, 7) is 7.68. The molecule has 3 aromatic rings. The molecule has 3 rings (SSSR count). The number of aryl methyl sites for hydroxylation is 2. The van der Waals surface area contributed by atoms with Crippen molar-refractivity contribution in [3.05, 3.63) is 89.5 Å². The van der Waals surface area contributed by atoms with Gasteiger partial charge in [-0.3, -0.25) is 9.10 Å². The van der Waals surface area contributed by atoms with Crippen LogP contribution in [0.1, 0.15) is 36.5 Å². The number of carbonyl (C=O) groups is 1. The number of benzene rings is 3. The summed E-state index contributed by atoms with van der Waals surface area (Å²) < 4.78 is 28.0. The van der Waals surface area contributed by atoms with Crippen molar-refractivity contribution in [3.8, 4) is 0 Å². The summed E-state index contributed by atoms with van der Waals surface area (Å²) in [5, 5.41) is 2.82. The molecule has 0 bridgehead atoms. The second-order valence-electron chi connectivity index (χ2n) is 8.00. The Bertz CT molecular complexity index is 1130. The number of hydrogen-bond acceptors (Lipinski definition) is 3. The van der Waals surface area contributed by atoms with Crippen molar-refractivity contribution in [2.24, 2.45) is 0 Å². The fraction of sp³-hybridized carbons (Fsp3) is 0.240. The zero-order valence-corrected chi connectivity index (χ0v) is 19.1. The van der Waals surface area contributed by atoms with E-state index in [9.17, 15) is 13.2 Å². The summed E-state index contributed by atoms with van der Waals surface area (Å²) in [6, 6.07) is 21.3. The predicted molar refractivity (Wildman–Crippen MR) is 126 cm³/mol. The molecule has 0 saturated heterocycles. The van der Waals surface area contributed by atoms with Gasteiger partial charge in [0.1, 0.15) is 6.54 Å². The van der Waals surface area contributed by atoms with Crippen LogP contribution in [0.25, 0.3) is 0 Å². The summed E-state index contributed by atoms with van der Waals surface area (Å²) >= 11 is 0. The number of carbonyl (C=O) groups excluding carboxylic acids is 1. The molecule has 1 amide bonds. The number of nitrogens with zero attached hydrogens (tertiary/aromatic N) is 1. The molecule has 5 nitrogen and oxygen atoms in total. The van der Waals surface area contributed by atoms with Crippen LogP contribution in [0.3, 0.4) is 0 Å². The highest BCUT2D eigenvalue weighted by atomic mass is 32.2. The smallest absolute Gasteiger partial charge is 0.264 e. The highest BCUT2D eigenvalue weighted by molar-refractivity contribution is 7.92. The molecule has 0 saturated carbocycles. The van der Waals surface area contributed by atoms with Gasteiger partial charge in [0.15, 0.2) is 0 Å². The standard InChI is InChI=1S/C25H28N2O3S/c1-18(2)21-10-12-22(13-11-21)26-25(28)17-27(23-15-19(3)14-20(4)16-23)31(29,30)24-8-6-5-7-9-24/h5-16,18H,17H2,1-4H3,(H,26,28). The van der Waals surface area contributed by atoms with Crippen LogP contribution in [0, 0.1) is 13.8 Å². The predicted octanol–water partition coefficient (Wildman–Crippen LogP) is 5.26. The Morgan fingerprint density at radius 3 is 2.03 bits per heavy atom. The minimum absolute atomic E-state index is 0.142. The van der Waals surface area contributed by atoms with Gasteiger partial charge in [0.25, 0.3) is 10.0 Å². The lowest BCUT2D eigenvalue weighted by atomic mass is 10.0. The molecule has 0 radical (unpaired) electrons. The van der Waals surface area contributed by atoms with Crippen LogP contribution in [0.15, 0.2) is 77.7 Å². The number of anilines is 2. The van der Waals surface area contributed by atoms with Crippen LogP contribution in [0.5, 0.6) is 0 Å². The third-order valence-electron chi connectivity index (χ3n) is 4.97. The molecular formula is C25H28N2O3S. The number of nitrogens with one attached hydrogen (secondary N) is 1. The fourth-order valence-electron chi connectivity index (χ4n) is 3.41. The van der Waals surface area contributed by atoms with E-state index < -0.39 is 15.9 Å². The summed E-state index contributed by atoms with van der Waals surface area (Å²) in [5.41, 5.74) is 4.11. The van der Waals surface area contributed by atoms with E-state index in [4.69, 9.17) is 0 Å². The van der Waals surface area contributed by atoms with Crippen LogP contribution >= 0.6 is 0 Å². The van der Waals surface area contributed by atoms with Gasteiger partial charge in [0, 0.05) is 5.69 Å². The number of hydrogen-bond donors (Lipinski definition) is 1. The SMILES string of the molecule is Cc1cc(C)cc(N(CC(=O)Nc2ccc(C(C)C)cc2)S(=O)(=O)c2ccccc2)c1. The van der Waals surface area contributed by atoms with Crippen LogP contribution in [0.2, 0.25) is 0 Å². The summed E-state index contributed by atoms with van der Waals surface area (Å²) in [4.78, 5) is 13.0. The first-order chi connectivity index (χ1) is 14.7. The molecule has 0 unspecified atom stereocenters. The number of sulfonamides is 1. The molecule has 162 valence electrons. The van der Waals surface area contributed by atoms with Gasteiger partial charge >= 0.3 is 0 Å². The maximum absolute atomic E-state index is 13.4. The average molecular weight is 437 g/mol. The van der Waals surface area contributed by atoms with Crippen LogP contribution in [-0.4, -0.2) is 20.9 Å². The second kappa shape index (κ2) is 9.35. The number of amides is 1. The molecule has 31 heavy (non-hydrogen) atoms. The largest absolute Gasteiger partial charge is 0.325 e. The topological polar surface area (TPSA) is 66.5 Å². The second-order valence-corrected chi connectivity index (χ2v) is 9.86. The Labute approximate surface area is 184 Å². The van der Waals surface area contributed by atoms with E-state index in [-0.39, 0.29) is 11.4 Å². The lowest BCUT2D eigenvalue weighted by Crippen LogP contribution is -2.38. The molecule has 0 aliphatic carbocycles. The van der Waals surface area contributed by atoms with Gasteiger partial charge in [-0.25, -0.2) is 8.42 Å². The van der Waals surface area contributed by atoms with Crippen LogP contribution < -0.4 is 9.62 Å². The van der Waals surface area contributed by atoms with Gasteiger partial charge in [-0.2, -0.15) is 0 Å². The Morgan fingerprint density at radius 2 is 1.48 bits per heavy atom. The molecule has 0 aromatic heterocycles. The van der Waals surface area contributed by atoms with Crippen LogP contribution in [-0.2, 0) is 14.8 Å². The zero-order valence-electron chi connectivity index (χ0n) is 18.3. The summed E-state index contributed by atoms with van der Waals surface area (Å²) in [5.74, 6) is -0.0169. The lowest BCUT2D eigenvalue weighted by Gasteiger charge is -2.25. The Balaban J connectivity index is 1.92. The maximum atomic E-state index is 13.4. The highest BCUT2D eigenvalue weighted by Crippen LogP contribution is 2.26. The van der Waals surface area contributed by atoms with Crippen molar-refractivity contribution in [2.75, 3.05) is 16.2 Å². The third kappa shape index (κ3) is 5.52. The number of rotatable bonds is 7. The first-order valence-electron chi connectivity index (χ1n) is 10.2. The van der Waals surface area contributed by atoms with Crippen molar-refractivity contribution >= 4 is 27.3 Å². The molecule has 0 atom stereocenters. The minimum atomic E-state index is -3.92. The van der Waals surface area contributed by atoms with E-state index in [1.807, 2.05) is 44.2 Å². The molecule has 0 aliphatic heterocycles. The minimum Gasteiger partial charge on any atom is -0.325 e. The first-order valence-corrected chi connectivity index (χ1v) is 11.7. The third-order valence-corrected chi connectivity index (χ3v) is 6.76. The fourth-order valence-corrected chi connectivity index (χ4v) is 4.84. The molecule has 6 heteroatoms. The molecule has 3 aromatic carbocycles. The molecule has 1 N–H and O–H groups in total. The van der Waals surface area contributed by atoms with E-state index in [2.05, 4.69) is 19.2 Å². The molecule has 0 aliphatic rings. The summed E-state index contributed by atoms with van der Waals surface area (Å²) in [7, 11) is -3.92. The van der Waals surface area contributed by atoms with Gasteiger partial charge in [-0.15, -0.1) is 0 Å². The van der Waals surface area contributed by atoms with Crippen molar-refractivity contribution in [3.63, 3.8) is 0 Å². The van der Waals surface area contributed by atoms with E-state index >= 15 is 0 Å². The van der Waals surface area contributed by atoms with Crippen LogP contribution in [0.4, 0.5) is 11.4 Å². The maximum Gasteiger partial charge on any atom is 0.264 e. The average Bonchev–Trinajstić information content (AvgIpc) is 2.72. The Hall–Kier alpha value is -3.12.